The van der Waals surface area contributed by atoms with E-state index in [1.165, 1.54) is 12.8 Å². The van der Waals surface area contributed by atoms with Gasteiger partial charge in [0, 0.05) is 19.6 Å². The maximum absolute atomic E-state index is 10.6. The number of aryl methyl sites for hydroxylation is 2. The van der Waals surface area contributed by atoms with Crippen LogP contribution in [-0.2, 0) is 6.54 Å². The number of hydrogen-bond donors (Lipinski definition) is 1. The van der Waals surface area contributed by atoms with Crippen LogP contribution in [0, 0.1) is 19.8 Å². The molecule has 0 amide bonds. The molecule has 5 nitrogen and oxygen atoms in total. The quantitative estimate of drug-likeness (QED) is 0.357. The third-order valence-electron chi connectivity index (χ3n) is 6.11. The zero-order valence-corrected chi connectivity index (χ0v) is 19.8. The Labute approximate surface area is 197 Å². The van der Waals surface area contributed by atoms with Crippen molar-refractivity contribution in [2.75, 3.05) is 13.1 Å². The minimum atomic E-state index is -0.368. The number of hydrogen-bond acceptors (Lipinski definition) is 4. The van der Waals surface area contributed by atoms with Crippen LogP contribution >= 0.6 is 0 Å². The van der Waals surface area contributed by atoms with E-state index in [1.54, 1.807) is 0 Å². The monoisotopic (exact) mass is 445 g/mol. The van der Waals surface area contributed by atoms with Gasteiger partial charge >= 0.3 is 0 Å². The van der Waals surface area contributed by atoms with E-state index in [0.29, 0.717) is 13.1 Å². The molecule has 4 rings (SSSR count). The zero-order chi connectivity index (χ0) is 23.2. The molecule has 1 aliphatic carbocycles. The largest absolute Gasteiger partial charge is 0.439 e. The van der Waals surface area contributed by atoms with E-state index in [-0.39, 0.29) is 6.10 Å². The number of benzene rings is 2. The van der Waals surface area contributed by atoms with Crippen molar-refractivity contribution in [2.24, 2.45) is 5.92 Å². The standard InChI is InChI=1S/C28H35N3O2/c1-4-5-13-25(32)19-30(18-23-15-16-23)20-27-22(3)29-31(24-11-7-6-8-12-24)28(27)33-26-14-9-10-21(2)17-26/h4,6-12,14,17,23,25,32H,1,5,13,15-16,18-20H2,2-3H3/t25-/m1/s1. The van der Waals surface area contributed by atoms with Gasteiger partial charge in [0.15, 0.2) is 0 Å². The van der Waals surface area contributed by atoms with Crippen molar-refractivity contribution in [3.05, 3.63) is 84.1 Å². The van der Waals surface area contributed by atoms with Crippen LogP contribution in [-0.4, -0.2) is 39.0 Å². The predicted molar refractivity (Wildman–Crippen MR) is 133 cm³/mol. The third kappa shape index (κ3) is 6.34. The third-order valence-corrected chi connectivity index (χ3v) is 6.11. The van der Waals surface area contributed by atoms with Gasteiger partial charge in [-0.05, 0) is 75.3 Å². The van der Waals surface area contributed by atoms with Crippen LogP contribution in [0.1, 0.15) is 42.5 Å². The van der Waals surface area contributed by atoms with Gasteiger partial charge < -0.3 is 9.84 Å². The second-order valence-corrected chi connectivity index (χ2v) is 9.19. The molecule has 33 heavy (non-hydrogen) atoms. The molecule has 1 saturated carbocycles. The van der Waals surface area contributed by atoms with E-state index < -0.39 is 0 Å². The van der Waals surface area contributed by atoms with Crippen molar-refractivity contribution in [1.82, 2.24) is 14.7 Å². The molecule has 2 aromatic carbocycles. The number of ether oxygens (including phenoxy) is 1. The summed E-state index contributed by atoms with van der Waals surface area (Å²) in [5, 5.41) is 15.5. The molecule has 0 bridgehead atoms. The lowest BCUT2D eigenvalue weighted by Crippen LogP contribution is -2.34. The van der Waals surface area contributed by atoms with Crippen LogP contribution in [0.15, 0.2) is 67.3 Å². The Morgan fingerprint density at radius 1 is 1.18 bits per heavy atom. The molecule has 1 atom stereocenters. The lowest BCUT2D eigenvalue weighted by molar-refractivity contribution is 0.0991. The van der Waals surface area contributed by atoms with Crippen molar-refractivity contribution in [3.63, 3.8) is 0 Å². The zero-order valence-electron chi connectivity index (χ0n) is 19.8. The topological polar surface area (TPSA) is 50.5 Å². The highest BCUT2D eigenvalue weighted by Crippen LogP contribution is 2.34. The number of aliphatic hydroxyl groups excluding tert-OH is 1. The number of allylic oxidation sites excluding steroid dienone is 1. The van der Waals surface area contributed by atoms with Crippen molar-refractivity contribution in [2.45, 2.75) is 52.2 Å². The summed E-state index contributed by atoms with van der Waals surface area (Å²) >= 11 is 0. The highest BCUT2D eigenvalue weighted by Gasteiger charge is 2.28. The molecule has 5 heteroatoms. The highest BCUT2D eigenvalue weighted by molar-refractivity contribution is 5.43. The first-order chi connectivity index (χ1) is 16.0. The Balaban J connectivity index is 1.66. The number of aromatic nitrogens is 2. The molecule has 1 heterocycles. The molecule has 0 saturated heterocycles. The molecule has 1 fully saturated rings. The Morgan fingerprint density at radius 3 is 2.67 bits per heavy atom. The average molecular weight is 446 g/mol. The number of aliphatic hydroxyl groups is 1. The first kappa shape index (κ1) is 23.3. The van der Waals surface area contributed by atoms with Crippen LogP contribution in [0.25, 0.3) is 5.69 Å². The van der Waals surface area contributed by atoms with E-state index >= 15 is 0 Å². The Bertz CT molecular complexity index is 1060. The highest BCUT2D eigenvalue weighted by atomic mass is 16.5. The molecular formula is C28H35N3O2. The summed E-state index contributed by atoms with van der Waals surface area (Å²) in [7, 11) is 0. The lowest BCUT2D eigenvalue weighted by Gasteiger charge is -2.25. The molecule has 0 spiro atoms. The molecule has 0 unspecified atom stereocenters. The summed E-state index contributed by atoms with van der Waals surface area (Å²) in [6.07, 6.45) is 5.61. The Morgan fingerprint density at radius 2 is 1.97 bits per heavy atom. The van der Waals surface area contributed by atoms with Crippen LogP contribution < -0.4 is 4.74 Å². The molecular weight excluding hydrogens is 410 g/mol. The van der Waals surface area contributed by atoms with Gasteiger partial charge in [0.1, 0.15) is 5.75 Å². The lowest BCUT2D eigenvalue weighted by atomic mass is 10.1. The van der Waals surface area contributed by atoms with E-state index in [4.69, 9.17) is 9.84 Å². The minimum absolute atomic E-state index is 0.368. The Hall–Kier alpha value is -2.89. The maximum atomic E-state index is 10.6. The molecule has 1 aromatic heterocycles. The number of rotatable bonds is 12. The second-order valence-electron chi connectivity index (χ2n) is 9.19. The number of para-hydroxylation sites is 1. The summed E-state index contributed by atoms with van der Waals surface area (Å²) in [4.78, 5) is 2.37. The maximum Gasteiger partial charge on any atom is 0.227 e. The second kappa shape index (κ2) is 10.8. The minimum Gasteiger partial charge on any atom is -0.439 e. The fraction of sp³-hybridized carbons (Fsp3) is 0.393. The summed E-state index contributed by atoms with van der Waals surface area (Å²) in [5.41, 5.74) is 4.13. The SMILES string of the molecule is C=CCC[C@@H](O)CN(Cc1c(C)nn(-c2ccccc2)c1Oc1cccc(C)c1)CC1CC1. The van der Waals surface area contributed by atoms with Gasteiger partial charge in [-0.1, -0.05) is 36.4 Å². The van der Waals surface area contributed by atoms with Gasteiger partial charge in [-0.25, -0.2) is 4.68 Å². The smallest absolute Gasteiger partial charge is 0.227 e. The summed E-state index contributed by atoms with van der Waals surface area (Å²) < 4.78 is 8.39. The van der Waals surface area contributed by atoms with Gasteiger partial charge in [0.2, 0.25) is 5.88 Å². The van der Waals surface area contributed by atoms with Gasteiger partial charge in [-0.2, -0.15) is 5.10 Å². The first-order valence-electron chi connectivity index (χ1n) is 11.9. The van der Waals surface area contributed by atoms with Crippen LogP contribution in [0.5, 0.6) is 11.6 Å². The average Bonchev–Trinajstić information content (AvgIpc) is 3.57. The van der Waals surface area contributed by atoms with Crippen molar-refractivity contribution in [3.8, 4) is 17.3 Å². The molecule has 0 aliphatic heterocycles. The van der Waals surface area contributed by atoms with Crippen molar-refractivity contribution < 1.29 is 9.84 Å². The summed E-state index contributed by atoms with van der Waals surface area (Å²) in [5.74, 6) is 2.26. The van der Waals surface area contributed by atoms with Crippen LogP contribution in [0.4, 0.5) is 0 Å². The fourth-order valence-corrected chi connectivity index (χ4v) is 4.15. The predicted octanol–water partition coefficient (Wildman–Crippen LogP) is 5.82. The molecule has 1 N–H and O–H groups in total. The van der Waals surface area contributed by atoms with E-state index in [9.17, 15) is 5.11 Å². The molecule has 174 valence electrons. The van der Waals surface area contributed by atoms with Gasteiger partial charge in [0.05, 0.1) is 23.0 Å². The van der Waals surface area contributed by atoms with Crippen molar-refractivity contribution in [1.29, 1.82) is 0 Å². The van der Waals surface area contributed by atoms with Crippen molar-refractivity contribution >= 4 is 0 Å². The van der Waals surface area contributed by atoms with E-state index in [1.807, 2.05) is 66.2 Å². The van der Waals surface area contributed by atoms with Crippen LogP contribution in [0.3, 0.4) is 0 Å². The fourth-order valence-electron chi connectivity index (χ4n) is 4.15. The van der Waals surface area contributed by atoms with E-state index in [2.05, 4.69) is 24.5 Å². The number of nitrogens with zero attached hydrogens (tertiary/aromatic N) is 3. The van der Waals surface area contributed by atoms with Gasteiger partial charge in [0.25, 0.3) is 0 Å². The first-order valence-corrected chi connectivity index (χ1v) is 11.9. The normalized spacial score (nSPS) is 14.4. The molecule has 1 aliphatic rings. The van der Waals surface area contributed by atoms with E-state index in [0.717, 1.165) is 59.4 Å². The van der Waals surface area contributed by atoms with Gasteiger partial charge in [-0.3, -0.25) is 4.90 Å². The van der Waals surface area contributed by atoms with Crippen LogP contribution in [0.2, 0.25) is 0 Å². The van der Waals surface area contributed by atoms with Gasteiger partial charge in [-0.15, -0.1) is 6.58 Å². The summed E-state index contributed by atoms with van der Waals surface area (Å²) in [6, 6.07) is 18.2. The Kier molecular flexibility index (Phi) is 7.63. The summed E-state index contributed by atoms with van der Waals surface area (Å²) in [6.45, 7) is 10.2. The molecule has 0 radical (unpaired) electrons. The molecule has 3 aromatic rings.